The molecule has 0 heterocycles. The van der Waals surface area contributed by atoms with E-state index >= 15 is 0 Å². The predicted molar refractivity (Wildman–Crippen MR) is 108 cm³/mol. The van der Waals surface area contributed by atoms with Gasteiger partial charge in [-0.1, -0.05) is 25.8 Å². The zero-order valence-electron chi connectivity index (χ0n) is 15.9. The second-order valence-corrected chi connectivity index (χ2v) is 8.02. The first-order valence-electron chi connectivity index (χ1n) is 9.11. The summed E-state index contributed by atoms with van der Waals surface area (Å²) in [6.45, 7) is 3.09. The zero-order chi connectivity index (χ0) is 19.7. The van der Waals surface area contributed by atoms with Crippen molar-refractivity contribution >= 4 is 15.7 Å². The van der Waals surface area contributed by atoms with Crippen LogP contribution < -0.4 is 19.9 Å². The first kappa shape index (κ1) is 21.1. The molecular formula is C20H28N2O4S. The SMILES string of the molecule is CCCCCOc1ccc(CCNS(=O)(=O)c2ccc(N)cc2)cc1OC. The van der Waals surface area contributed by atoms with E-state index in [1.807, 2.05) is 18.2 Å². The average molecular weight is 393 g/mol. The van der Waals surface area contributed by atoms with Gasteiger partial charge in [0.15, 0.2) is 11.5 Å². The molecule has 2 rings (SSSR count). The van der Waals surface area contributed by atoms with Crippen molar-refractivity contribution in [3.8, 4) is 11.5 Å². The van der Waals surface area contributed by atoms with E-state index in [2.05, 4.69) is 11.6 Å². The Balaban J connectivity index is 1.92. The van der Waals surface area contributed by atoms with Crippen LogP contribution in [-0.4, -0.2) is 28.7 Å². The van der Waals surface area contributed by atoms with Gasteiger partial charge in [-0.05, 0) is 54.8 Å². The zero-order valence-corrected chi connectivity index (χ0v) is 16.7. The molecule has 0 spiro atoms. The van der Waals surface area contributed by atoms with Crippen LogP contribution in [0.25, 0.3) is 0 Å². The Morgan fingerprint density at radius 2 is 1.78 bits per heavy atom. The fourth-order valence-electron chi connectivity index (χ4n) is 2.58. The van der Waals surface area contributed by atoms with Crippen LogP contribution in [0.1, 0.15) is 31.7 Å². The van der Waals surface area contributed by atoms with Crippen molar-refractivity contribution in [3.05, 3.63) is 48.0 Å². The monoisotopic (exact) mass is 392 g/mol. The van der Waals surface area contributed by atoms with Gasteiger partial charge in [-0.2, -0.15) is 0 Å². The third-order valence-corrected chi connectivity index (χ3v) is 5.61. The molecule has 0 radical (unpaired) electrons. The molecule has 0 bridgehead atoms. The maximum Gasteiger partial charge on any atom is 0.240 e. The number of rotatable bonds is 11. The molecule has 27 heavy (non-hydrogen) atoms. The molecule has 0 atom stereocenters. The molecule has 0 aromatic heterocycles. The van der Waals surface area contributed by atoms with Crippen LogP contribution in [0, 0.1) is 0 Å². The number of sulfonamides is 1. The topological polar surface area (TPSA) is 90.7 Å². The smallest absolute Gasteiger partial charge is 0.240 e. The Labute approximate surface area is 161 Å². The fraction of sp³-hybridized carbons (Fsp3) is 0.400. The van der Waals surface area contributed by atoms with E-state index in [1.54, 1.807) is 19.2 Å². The van der Waals surface area contributed by atoms with Crippen molar-refractivity contribution in [2.45, 2.75) is 37.5 Å². The summed E-state index contributed by atoms with van der Waals surface area (Å²) in [5, 5.41) is 0. The number of nitrogens with one attached hydrogen (secondary N) is 1. The summed E-state index contributed by atoms with van der Waals surface area (Å²) in [7, 11) is -1.95. The Bertz CT molecular complexity index is 820. The van der Waals surface area contributed by atoms with Crippen molar-refractivity contribution in [2.24, 2.45) is 0 Å². The standard InChI is InChI=1S/C20H28N2O4S/c1-3-4-5-14-26-19-11-6-16(15-20(19)25-2)12-13-22-27(23,24)18-9-7-17(21)8-10-18/h6-11,15,22H,3-5,12-14,21H2,1-2H3. The number of benzene rings is 2. The van der Waals surface area contributed by atoms with Crippen molar-refractivity contribution < 1.29 is 17.9 Å². The van der Waals surface area contributed by atoms with Crippen molar-refractivity contribution in [3.63, 3.8) is 0 Å². The molecule has 0 aliphatic rings. The summed E-state index contributed by atoms with van der Waals surface area (Å²) in [6.07, 6.45) is 3.83. The Morgan fingerprint density at radius 1 is 1.04 bits per heavy atom. The molecule has 3 N–H and O–H groups in total. The lowest BCUT2D eigenvalue weighted by atomic mass is 10.1. The highest BCUT2D eigenvalue weighted by molar-refractivity contribution is 7.89. The lowest BCUT2D eigenvalue weighted by Gasteiger charge is -2.12. The van der Waals surface area contributed by atoms with Gasteiger partial charge in [0.2, 0.25) is 10.0 Å². The molecule has 6 nitrogen and oxygen atoms in total. The predicted octanol–water partition coefficient (Wildman–Crippen LogP) is 3.37. The quantitative estimate of drug-likeness (QED) is 0.452. The molecule has 0 unspecified atom stereocenters. The normalized spacial score (nSPS) is 11.3. The number of nitrogen functional groups attached to an aromatic ring is 1. The number of hydrogen-bond acceptors (Lipinski definition) is 5. The summed E-state index contributed by atoms with van der Waals surface area (Å²) in [5.41, 5.74) is 7.09. The van der Waals surface area contributed by atoms with E-state index in [-0.39, 0.29) is 11.4 Å². The Hall–Kier alpha value is -2.25. The van der Waals surface area contributed by atoms with Crippen LogP contribution in [0.15, 0.2) is 47.4 Å². The van der Waals surface area contributed by atoms with E-state index in [1.165, 1.54) is 12.1 Å². The third-order valence-electron chi connectivity index (χ3n) is 4.13. The highest BCUT2D eigenvalue weighted by Crippen LogP contribution is 2.28. The summed E-state index contributed by atoms with van der Waals surface area (Å²) in [4.78, 5) is 0.199. The minimum atomic E-state index is -3.55. The number of unbranched alkanes of at least 4 members (excludes halogenated alkanes) is 2. The van der Waals surface area contributed by atoms with Gasteiger partial charge in [0, 0.05) is 12.2 Å². The summed E-state index contributed by atoms with van der Waals surface area (Å²) in [5.74, 6) is 1.37. The molecule has 0 aliphatic heterocycles. The number of hydrogen-bond donors (Lipinski definition) is 2. The average Bonchev–Trinajstić information content (AvgIpc) is 2.66. The molecule has 2 aromatic carbocycles. The third kappa shape index (κ3) is 6.45. The van der Waals surface area contributed by atoms with Crippen LogP contribution in [0.3, 0.4) is 0 Å². The van der Waals surface area contributed by atoms with Crippen molar-refractivity contribution in [2.75, 3.05) is 26.0 Å². The lowest BCUT2D eigenvalue weighted by Crippen LogP contribution is -2.26. The number of nitrogens with two attached hydrogens (primary N) is 1. The maximum absolute atomic E-state index is 12.3. The van der Waals surface area contributed by atoms with E-state index in [9.17, 15) is 8.42 Å². The minimum absolute atomic E-state index is 0.199. The summed E-state index contributed by atoms with van der Waals surface area (Å²) < 4.78 is 38.3. The number of anilines is 1. The van der Waals surface area contributed by atoms with Gasteiger partial charge in [-0.3, -0.25) is 0 Å². The highest BCUT2D eigenvalue weighted by Gasteiger charge is 2.13. The molecule has 7 heteroatoms. The van der Waals surface area contributed by atoms with Gasteiger partial charge < -0.3 is 15.2 Å². The van der Waals surface area contributed by atoms with Crippen LogP contribution in [0.4, 0.5) is 5.69 Å². The molecule has 2 aromatic rings. The van der Waals surface area contributed by atoms with E-state index < -0.39 is 10.0 Å². The number of ether oxygens (including phenoxy) is 2. The van der Waals surface area contributed by atoms with E-state index in [0.29, 0.717) is 30.2 Å². The van der Waals surface area contributed by atoms with Gasteiger partial charge in [0.1, 0.15) is 0 Å². The van der Waals surface area contributed by atoms with Crippen LogP contribution in [0.2, 0.25) is 0 Å². The summed E-state index contributed by atoms with van der Waals surface area (Å²) in [6, 6.07) is 11.8. The first-order chi connectivity index (χ1) is 13.0. The minimum Gasteiger partial charge on any atom is -0.493 e. The second kappa shape index (κ2) is 10.2. The van der Waals surface area contributed by atoms with E-state index in [4.69, 9.17) is 15.2 Å². The fourth-order valence-corrected chi connectivity index (χ4v) is 3.61. The van der Waals surface area contributed by atoms with Crippen LogP contribution >= 0.6 is 0 Å². The number of methoxy groups -OCH3 is 1. The molecule has 0 amide bonds. The van der Waals surface area contributed by atoms with Crippen molar-refractivity contribution in [1.82, 2.24) is 4.72 Å². The Morgan fingerprint density at radius 3 is 2.44 bits per heavy atom. The molecule has 0 saturated carbocycles. The van der Waals surface area contributed by atoms with Gasteiger partial charge in [0.05, 0.1) is 18.6 Å². The largest absolute Gasteiger partial charge is 0.493 e. The maximum atomic E-state index is 12.3. The van der Waals surface area contributed by atoms with Crippen molar-refractivity contribution in [1.29, 1.82) is 0 Å². The van der Waals surface area contributed by atoms with Gasteiger partial charge in [-0.15, -0.1) is 0 Å². The molecule has 0 saturated heterocycles. The molecule has 0 aliphatic carbocycles. The van der Waals surface area contributed by atoms with Gasteiger partial charge in [0.25, 0.3) is 0 Å². The molecule has 0 fully saturated rings. The first-order valence-corrected chi connectivity index (χ1v) is 10.6. The van der Waals surface area contributed by atoms with E-state index in [0.717, 1.165) is 24.8 Å². The lowest BCUT2D eigenvalue weighted by molar-refractivity contribution is 0.286. The molecule has 148 valence electrons. The Kier molecular flexibility index (Phi) is 7.94. The second-order valence-electron chi connectivity index (χ2n) is 6.26. The molecular weight excluding hydrogens is 364 g/mol. The van der Waals surface area contributed by atoms with Crippen LogP contribution in [0.5, 0.6) is 11.5 Å². The van der Waals surface area contributed by atoms with Crippen LogP contribution in [-0.2, 0) is 16.4 Å². The van der Waals surface area contributed by atoms with Gasteiger partial charge >= 0.3 is 0 Å². The summed E-state index contributed by atoms with van der Waals surface area (Å²) >= 11 is 0. The van der Waals surface area contributed by atoms with Gasteiger partial charge in [-0.25, -0.2) is 13.1 Å². The highest BCUT2D eigenvalue weighted by atomic mass is 32.2.